The molecule has 8 heteroatoms. The summed E-state index contributed by atoms with van der Waals surface area (Å²) in [6, 6.07) is 0.687. The average Bonchev–Trinajstić information content (AvgIpc) is 2.53. The Labute approximate surface area is 142 Å². The van der Waals surface area contributed by atoms with E-state index in [0.717, 1.165) is 19.4 Å². The molecule has 0 rings (SSSR count). The van der Waals surface area contributed by atoms with E-state index in [2.05, 4.69) is 17.0 Å². The molecule has 0 spiro atoms. The molecule has 0 bridgehead atoms. The number of nitrogens with one attached hydrogen (secondary N) is 1. The van der Waals surface area contributed by atoms with Crippen molar-refractivity contribution in [3.8, 4) is 0 Å². The summed E-state index contributed by atoms with van der Waals surface area (Å²) in [5.41, 5.74) is 0. The molecule has 23 heavy (non-hydrogen) atoms. The first-order valence-corrected chi connectivity index (χ1v) is 10.2. The van der Waals surface area contributed by atoms with Crippen molar-refractivity contribution in [2.75, 3.05) is 47.2 Å². The Hall–Kier alpha value is -0.673. The number of hydrogen-bond acceptors (Lipinski definition) is 6. The van der Waals surface area contributed by atoms with Crippen molar-refractivity contribution < 1.29 is 27.5 Å². The van der Waals surface area contributed by atoms with Gasteiger partial charge in [-0.25, -0.2) is 4.79 Å². The molecule has 0 aromatic rings. The fourth-order valence-electron chi connectivity index (χ4n) is 1.77. The zero-order chi connectivity index (χ0) is 18.0. The van der Waals surface area contributed by atoms with Gasteiger partial charge in [0.15, 0.2) is 0 Å². The molecule has 140 valence electrons. The lowest BCUT2D eigenvalue weighted by Gasteiger charge is -2.28. The van der Waals surface area contributed by atoms with Gasteiger partial charge < -0.3 is 28.1 Å². The largest absolute Gasteiger partial charge is 0.500 e. The first-order chi connectivity index (χ1) is 11.1. The molecule has 1 amide bonds. The molecule has 0 aromatic carbocycles. The molecule has 0 unspecified atom stereocenters. The smallest absolute Gasteiger partial charge is 0.453 e. The van der Waals surface area contributed by atoms with Crippen LogP contribution < -0.4 is 5.32 Å². The van der Waals surface area contributed by atoms with Crippen LogP contribution in [0.25, 0.3) is 0 Å². The number of amides is 1. The maximum absolute atomic E-state index is 10.9. The molecule has 0 aliphatic carbocycles. The summed E-state index contributed by atoms with van der Waals surface area (Å²) in [5, 5.41) is 2.63. The fourth-order valence-corrected chi connectivity index (χ4v) is 4.39. The van der Waals surface area contributed by atoms with Crippen LogP contribution in [0.2, 0.25) is 6.04 Å². The van der Waals surface area contributed by atoms with E-state index in [1.807, 2.05) is 20.8 Å². The van der Waals surface area contributed by atoms with Crippen molar-refractivity contribution in [1.29, 1.82) is 0 Å². The van der Waals surface area contributed by atoms with Crippen molar-refractivity contribution in [2.24, 2.45) is 0 Å². The molecule has 0 saturated heterocycles. The Bertz CT molecular complexity index is 249. The predicted molar refractivity (Wildman–Crippen MR) is 92.6 cm³/mol. The highest BCUT2D eigenvalue weighted by Crippen LogP contribution is 2.17. The maximum atomic E-state index is 10.9. The van der Waals surface area contributed by atoms with Gasteiger partial charge in [0, 0.05) is 46.1 Å². The van der Waals surface area contributed by atoms with Crippen LogP contribution in [0.1, 0.15) is 40.5 Å². The van der Waals surface area contributed by atoms with Crippen LogP contribution in [0.4, 0.5) is 4.79 Å². The maximum Gasteiger partial charge on any atom is 0.500 e. The number of hydrogen-bond donors (Lipinski definition) is 1. The van der Waals surface area contributed by atoms with E-state index in [-0.39, 0.29) is 0 Å². The third-order valence-corrected chi connectivity index (χ3v) is 5.77. The van der Waals surface area contributed by atoms with Gasteiger partial charge in [0.1, 0.15) is 0 Å². The van der Waals surface area contributed by atoms with Crippen LogP contribution in [0, 0.1) is 0 Å². The lowest BCUT2D eigenvalue weighted by Crippen LogP contribution is -2.46. The summed E-state index contributed by atoms with van der Waals surface area (Å²) < 4.78 is 26.3. The van der Waals surface area contributed by atoms with Crippen molar-refractivity contribution in [3.63, 3.8) is 0 Å². The monoisotopic (exact) mass is 353 g/mol. The van der Waals surface area contributed by atoms with Gasteiger partial charge in [0.25, 0.3) is 0 Å². The summed E-state index contributed by atoms with van der Waals surface area (Å²) >= 11 is 0. The SMILES string of the molecule is CCCOC.CCO[Si](CCCNC(=O)OC)(OCC)OCC. The van der Waals surface area contributed by atoms with Crippen LogP contribution in [0.15, 0.2) is 0 Å². The van der Waals surface area contributed by atoms with Gasteiger partial charge in [-0.15, -0.1) is 0 Å². The molecule has 0 aromatic heterocycles. The number of alkyl carbamates (subject to hydrolysis) is 1. The number of carbonyl (C=O) groups is 1. The third kappa shape index (κ3) is 14.6. The summed E-state index contributed by atoms with van der Waals surface area (Å²) in [7, 11) is 0.484. The molecule has 0 aliphatic rings. The molecule has 0 heterocycles. The van der Waals surface area contributed by atoms with Gasteiger partial charge in [0.05, 0.1) is 7.11 Å². The van der Waals surface area contributed by atoms with Crippen LogP contribution in [0.3, 0.4) is 0 Å². The van der Waals surface area contributed by atoms with Crippen LogP contribution >= 0.6 is 0 Å². The highest BCUT2D eigenvalue weighted by molar-refractivity contribution is 6.60. The summed E-state index contributed by atoms with van der Waals surface area (Å²) in [4.78, 5) is 10.9. The Kier molecular flexibility index (Phi) is 18.9. The zero-order valence-corrected chi connectivity index (χ0v) is 16.6. The number of ether oxygens (including phenoxy) is 2. The molecule has 1 N–H and O–H groups in total. The number of methoxy groups -OCH3 is 2. The molecular formula is C15H35NO6Si. The van der Waals surface area contributed by atoms with Crippen LogP contribution in [0.5, 0.6) is 0 Å². The van der Waals surface area contributed by atoms with E-state index in [4.69, 9.17) is 18.0 Å². The Balaban J connectivity index is 0. The van der Waals surface area contributed by atoms with Gasteiger partial charge in [0.2, 0.25) is 0 Å². The van der Waals surface area contributed by atoms with E-state index >= 15 is 0 Å². The minimum atomic E-state index is -2.57. The summed E-state index contributed by atoms with van der Waals surface area (Å²) in [6.45, 7) is 11.0. The van der Waals surface area contributed by atoms with Crippen molar-refractivity contribution in [1.82, 2.24) is 5.32 Å². The van der Waals surface area contributed by atoms with E-state index < -0.39 is 14.9 Å². The number of rotatable bonds is 12. The second-order valence-corrected chi connectivity index (χ2v) is 7.23. The van der Waals surface area contributed by atoms with Gasteiger partial charge in [-0.1, -0.05) is 6.92 Å². The highest BCUT2D eigenvalue weighted by Gasteiger charge is 2.39. The lowest BCUT2D eigenvalue weighted by atomic mass is 10.5. The quantitative estimate of drug-likeness (QED) is 0.429. The molecule has 0 saturated carbocycles. The first-order valence-electron chi connectivity index (χ1n) is 8.28. The van der Waals surface area contributed by atoms with E-state index in [9.17, 15) is 4.79 Å². The predicted octanol–water partition coefficient (Wildman–Crippen LogP) is 2.82. The Morgan fingerprint density at radius 3 is 1.78 bits per heavy atom. The molecule has 7 nitrogen and oxygen atoms in total. The van der Waals surface area contributed by atoms with E-state index in [1.165, 1.54) is 7.11 Å². The highest BCUT2D eigenvalue weighted by atomic mass is 28.4. The first kappa shape index (κ1) is 24.6. The Morgan fingerprint density at radius 1 is 0.957 bits per heavy atom. The molecule has 0 atom stereocenters. The average molecular weight is 354 g/mol. The number of carbonyl (C=O) groups excluding carboxylic acids is 1. The van der Waals surface area contributed by atoms with E-state index in [1.54, 1.807) is 7.11 Å². The van der Waals surface area contributed by atoms with Gasteiger partial charge in [-0.05, 0) is 33.6 Å². The second kappa shape index (κ2) is 17.7. The van der Waals surface area contributed by atoms with Gasteiger partial charge >= 0.3 is 14.9 Å². The van der Waals surface area contributed by atoms with Gasteiger partial charge in [-0.3, -0.25) is 0 Å². The topological polar surface area (TPSA) is 75.3 Å². The molecule has 0 radical (unpaired) electrons. The normalized spacial score (nSPS) is 10.7. The molecular weight excluding hydrogens is 318 g/mol. The van der Waals surface area contributed by atoms with Gasteiger partial charge in [-0.2, -0.15) is 0 Å². The second-order valence-electron chi connectivity index (χ2n) is 4.50. The van der Waals surface area contributed by atoms with E-state index in [0.29, 0.717) is 32.4 Å². The minimum Gasteiger partial charge on any atom is -0.453 e. The minimum absolute atomic E-state index is 0.425. The summed E-state index contributed by atoms with van der Waals surface area (Å²) in [5.74, 6) is 0. The fraction of sp³-hybridized carbons (Fsp3) is 0.933. The molecule has 0 fully saturated rings. The van der Waals surface area contributed by atoms with Crippen molar-refractivity contribution >= 4 is 14.9 Å². The third-order valence-electron chi connectivity index (χ3n) is 2.62. The standard InChI is InChI=1S/C11H25NO5Si.C4H10O/c1-5-15-18(16-6-2,17-7-3)10-8-9-12-11(13)14-4;1-3-4-5-2/h5-10H2,1-4H3,(H,12,13);3-4H2,1-2H3. The van der Waals surface area contributed by atoms with Crippen molar-refractivity contribution in [3.05, 3.63) is 0 Å². The zero-order valence-electron chi connectivity index (χ0n) is 15.6. The summed E-state index contributed by atoms with van der Waals surface area (Å²) in [6.07, 6.45) is 1.43. The molecule has 0 aliphatic heterocycles. The Morgan fingerprint density at radius 2 is 1.48 bits per heavy atom. The van der Waals surface area contributed by atoms with Crippen LogP contribution in [-0.4, -0.2) is 62.1 Å². The lowest BCUT2D eigenvalue weighted by molar-refractivity contribution is 0.0707. The van der Waals surface area contributed by atoms with Crippen LogP contribution in [-0.2, 0) is 22.8 Å². The van der Waals surface area contributed by atoms with Crippen molar-refractivity contribution in [2.45, 2.75) is 46.6 Å².